The first-order chi connectivity index (χ1) is 12.7. The van der Waals surface area contributed by atoms with E-state index in [1.54, 1.807) is 13.8 Å². The Balaban J connectivity index is 2.63. The lowest BCUT2D eigenvalue weighted by atomic mass is 9.86. The molecule has 0 saturated heterocycles. The fraction of sp³-hybridized carbons (Fsp3) is 0.381. The summed E-state index contributed by atoms with van der Waals surface area (Å²) >= 11 is 5.14. The van der Waals surface area contributed by atoms with Crippen molar-refractivity contribution in [2.24, 2.45) is 0 Å². The molecule has 0 aliphatic heterocycles. The number of hydrogen-bond donors (Lipinski definition) is 0. The third-order valence-corrected chi connectivity index (χ3v) is 4.29. The van der Waals surface area contributed by atoms with E-state index in [1.165, 1.54) is 5.56 Å². The van der Waals surface area contributed by atoms with Gasteiger partial charge in [0.25, 0.3) is 0 Å². The number of hydrogen-bond acceptors (Lipinski definition) is 6. The summed E-state index contributed by atoms with van der Waals surface area (Å²) < 4.78 is 16.3. The lowest BCUT2D eigenvalue weighted by Gasteiger charge is -2.19. The first-order valence-corrected chi connectivity index (χ1v) is 9.13. The highest BCUT2D eigenvalue weighted by Crippen LogP contribution is 2.33. The quantitative estimate of drug-likeness (QED) is 0.404. The molecule has 27 heavy (non-hydrogen) atoms. The second-order valence-corrected chi connectivity index (χ2v) is 7.46. The molecule has 6 heteroatoms. The van der Waals surface area contributed by atoms with E-state index in [0.29, 0.717) is 29.2 Å². The molecule has 5 nitrogen and oxygen atoms in total. The minimum absolute atomic E-state index is 0.0204. The molecule has 142 valence electrons. The summed E-state index contributed by atoms with van der Waals surface area (Å²) in [7, 11) is 0. The Morgan fingerprint density at radius 1 is 1.22 bits per heavy atom. The molecular weight excluding hydrogens is 360 g/mol. The van der Waals surface area contributed by atoms with Gasteiger partial charge in [-0.3, -0.25) is 0 Å². The Labute approximate surface area is 165 Å². The third-order valence-electron chi connectivity index (χ3n) is 4.09. The number of aromatic nitrogens is 1. The highest BCUT2D eigenvalue weighted by molar-refractivity contribution is 7.79. The SMILES string of the molecule is CCOC(=S)OC(=C(C#N)c1ccc(C(C)(C)C)cc1)c1c(C)noc1C. The molecule has 0 spiro atoms. The molecule has 0 atom stereocenters. The number of allylic oxidation sites excluding steroid dienone is 1. The first kappa shape index (κ1) is 20.7. The number of nitriles is 1. The summed E-state index contributed by atoms with van der Waals surface area (Å²) in [6.07, 6.45) is 0. The molecule has 0 amide bonds. The van der Waals surface area contributed by atoms with Gasteiger partial charge in [0.15, 0.2) is 5.76 Å². The Morgan fingerprint density at radius 3 is 2.30 bits per heavy atom. The van der Waals surface area contributed by atoms with Gasteiger partial charge in [0.05, 0.1) is 17.9 Å². The molecular formula is C21H24N2O3S. The lowest BCUT2D eigenvalue weighted by Crippen LogP contribution is -2.11. The van der Waals surface area contributed by atoms with E-state index < -0.39 is 0 Å². The van der Waals surface area contributed by atoms with Gasteiger partial charge in [-0.1, -0.05) is 50.2 Å². The Bertz CT molecular complexity index is 877. The van der Waals surface area contributed by atoms with E-state index in [0.717, 1.165) is 5.56 Å². The van der Waals surface area contributed by atoms with E-state index in [9.17, 15) is 5.26 Å². The number of rotatable bonds is 4. The van der Waals surface area contributed by atoms with E-state index in [1.807, 2.05) is 31.2 Å². The van der Waals surface area contributed by atoms with Gasteiger partial charge in [-0.2, -0.15) is 5.26 Å². The van der Waals surface area contributed by atoms with Crippen molar-refractivity contribution in [3.8, 4) is 6.07 Å². The maximum atomic E-state index is 9.88. The van der Waals surface area contributed by atoms with Crippen molar-refractivity contribution in [2.45, 2.75) is 47.0 Å². The van der Waals surface area contributed by atoms with Crippen LogP contribution in [0.2, 0.25) is 0 Å². The van der Waals surface area contributed by atoms with Crippen LogP contribution in [0.5, 0.6) is 0 Å². The van der Waals surface area contributed by atoms with Crippen LogP contribution in [0.25, 0.3) is 11.3 Å². The van der Waals surface area contributed by atoms with Gasteiger partial charge >= 0.3 is 5.24 Å². The Hall–Kier alpha value is -2.65. The predicted molar refractivity (Wildman–Crippen MR) is 109 cm³/mol. The molecule has 1 aromatic carbocycles. The minimum atomic E-state index is -0.0495. The van der Waals surface area contributed by atoms with Crippen molar-refractivity contribution < 1.29 is 14.0 Å². The monoisotopic (exact) mass is 384 g/mol. The van der Waals surface area contributed by atoms with E-state index in [2.05, 4.69) is 32.0 Å². The second-order valence-electron chi connectivity index (χ2n) is 7.13. The van der Waals surface area contributed by atoms with Crippen molar-refractivity contribution in [3.63, 3.8) is 0 Å². The number of nitrogens with zero attached hydrogens (tertiary/aromatic N) is 2. The van der Waals surface area contributed by atoms with Crippen molar-refractivity contribution in [1.82, 2.24) is 5.16 Å². The zero-order valence-electron chi connectivity index (χ0n) is 16.5. The van der Waals surface area contributed by atoms with Crippen molar-refractivity contribution >= 4 is 28.8 Å². The van der Waals surface area contributed by atoms with E-state index >= 15 is 0 Å². The van der Waals surface area contributed by atoms with Crippen molar-refractivity contribution in [3.05, 3.63) is 52.4 Å². The predicted octanol–water partition coefficient (Wildman–Crippen LogP) is 5.32. The van der Waals surface area contributed by atoms with Gasteiger partial charge in [-0.05, 0) is 37.3 Å². The van der Waals surface area contributed by atoms with Crippen LogP contribution >= 0.6 is 12.2 Å². The average Bonchev–Trinajstić information content (AvgIpc) is 2.93. The molecule has 1 aromatic heterocycles. The number of thiocarbonyl (C=S) groups is 1. The summed E-state index contributed by atoms with van der Waals surface area (Å²) in [5.74, 6) is 0.830. The van der Waals surface area contributed by atoms with Crippen LogP contribution in [0.3, 0.4) is 0 Å². The number of ether oxygens (including phenoxy) is 2. The average molecular weight is 385 g/mol. The Kier molecular flexibility index (Phi) is 6.40. The summed E-state index contributed by atoms with van der Waals surface area (Å²) in [6, 6.07) is 10.1. The molecule has 0 N–H and O–H groups in total. The van der Waals surface area contributed by atoms with E-state index in [-0.39, 0.29) is 16.4 Å². The second kappa shape index (κ2) is 8.36. The number of aryl methyl sites for hydroxylation is 2. The number of benzene rings is 1. The van der Waals surface area contributed by atoms with Gasteiger partial charge in [-0.15, -0.1) is 0 Å². The van der Waals surface area contributed by atoms with Crippen LogP contribution in [0, 0.1) is 25.2 Å². The topological polar surface area (TPSA) is 68.3 Å². The summed E-state index contributed by atoms with van der Waals surface area (Å²) in [4.78, 5) is 0. The molecule has 2 rings (SSSR count). The van der Waals surface area contributed by atoms with Crippen molar-refractivity contribution in [2.75, 3.05) is 6.61 Å². The van der Waals surface area contributed by atoms with Gasteiger partial charge in [-0.25, -0.2) is 0 Å². The van der Waals surface area contributed by atoms with Crippen LogP contribution in [0.15, 0.2) is 28.8 Å². The van der Waals surface area contributed by atoms with Crippen LogP contribution in [0.1, 0.15) is 55.8 Å². The van der Waals surface area contributed by atoms with Crippen LogP contribution < -0.4 is 0 Å². The lowest BCUT2D eigenvalue weighted by molar-refractivity contribution is 0.252. The highest BCUT2D eigenvalue weighted by atomic mass is 32.1. The van der Waals surface area contributed by atoms with E-state index in [4.69, 9.17) is 26.2 Å². The molecule has 0 aliphatic carbocycles. The molecule has 0 aliphatic rings. The van der Waals surface area contributed by atoms with Gasteiger partial charge in [0.1, 0.15) is 17.4 Å². The van der Waals surface area contributed by atoms with Crippen LogP contribution in [-0.2, 0) is 14.9 Å². The molecule has 2 aromatic rings. The summed E-state index contributed by atoms with van der Waals surface area (Å²) in [5, 5.41) is 13.8. The first-order valence-electron chi connectivity index (χ1n) is 8.72. The third kappa shape index (κ3) is 4.75. The summed E-state index contributed by atoms with van der Waals surface area (Å²) in [6.45, 7) is 12.2. The molecule has 0 unspecified atom stereocenters. The zero-order valence-corrected chi connectivity index (χ0v) is 17.4. The van der Waals surface area contributed by atoms with Gasteiger partial charge in [0.2, 0.25) is 0 Å². The fourth-order valence-corrected chi connectivity index (χ4v) is 2.85. The minimum Gasteiger partial charge on any atom is -0.457 e. The smallest absolute Gasteiger partial charge is 0.357 e. The van der Waals surface area contributed by atoms with Gasteiger partial charge < -0.3 is 14.0 Å². The molecule has 0 bridgehead atoms. The molecule has 1 heterocycles. The van der Waals surface area contributed by atoms with Crippen molar-refractivity contribution in [1.29, 1.82) is 5.26 Å². The van der Waals surface area contributed by atoms with Crippen LogP contribution in [0.4, 0.5) is 0 Å². The Morgan fingerprint density at radius 2 is 1.85 bits per heavy atom. The standard InChI is InChI=1S/C21H24N2O3S/c1-7-24-20(27)25-19(18-13(2)23-26-14(18)3)17(12-22)15-8-10-16(11-9-15)21(4,5)6/h8-11H,7H2,1-6H3. The largest absolute Gasteiger partial charge is 0.457 e. The zero-order chi connectivity index (χ0) is 20.2. The molecule has 0 radical (unpaired) electrons. The van der Waals surface area contributed by atoms with Crippen LogP contribution in [-0.4, -0.2) is 17.0 Å². The van der Waals surface area contributed by atoms with Gasteiger partial charge in [0, 0.05) is 12.2 Å². The normalized spacial score (nSPS) is 12.2. The highest BCUT2D eigenvalue weighted by Gasteiger charge is 2.23. The maximum Gasteiger partial charge on any atom is 0.357 e. The summed E-state index contributed by atoms with van der Waals surface area (Å²) in [5.41, 5.74) is 3.47. The maximum absolute atomic E-state index is 9.88. The molecule has 0 saturated carbocycles. The molecule has 0 fully saturated rings. The fourth-order valence-electron chi connectivity index (χ4n) is 2.65.